The van der Waals surface area contributed by atoms with Gasteiger partial charge in [0.05, 0.1) is 17.8 Å². The summed E-state index contributed by atoms with van der Waals surface area (Å²) in [7, 11) is 0. The first-order valence-electron chi connectivity index (χ1n) is 10.3. The summed E-state index contributed by atoms with van der Waals surface area (Å²) in [6.45, 7) is 0. The molecule has 5 saturated carbocycles. The second-order valence-corrected chi connectivity index (χ2v) is 9.66. The van der Waals surface area contributed by atoms with Gasteiger partial charge in [0.1, 0.15) is 0 Å². The van der Waals surface area contributed by atoms with Gasteiger partial charge in [0.25, 0.3) is 0 Å². The normalized spacial score (nSPS) is 50.2. The summed E-state index contributed by atoms with van der Waals surface area (Å²) in [5, 5.41) is 0. The summed E-state index contributed by atoms with van der Waals surface area (Å²) in [6, 6.07) is 10.1. The number of aromatic nitrogens is 3. The van der Waals surface area contributed by atoms with E-state index < -0.39 is 0 Å². The van der Waals surface area contributed by atoms with Gasteiger partial charge in [-0.3, -0.25) is 0 Å². The third kappa shape index (κ3) is 0.876. The van der Waals surface area contributed by atoms with Gasteiger partial charge < -0.3 is 0 Å². The Balaban J connectivity index is 1.44. The van der Waals surface area contributed by atoms with Gasteiger partial charge in [-0.1, -0.05) is 37.5 Å². The van der Waals surface area contributed by atoms with Crippen LogP contribution in [0.5, 0.6) is 0 Å². The number of hydrogen-bond donors (Lipinski definition) is 0. The number of rotatable bonds is 1. The molecule has 2 bridgehead atoms. The van der Waals surface area contributed by atoms with Crippen molar-refractivity contribution in [3.8, 4) is 5.69 Å². The molecule has 26 heavy (non-hydrogen) atoms. The molecule has 9 rings (SSSR count). The largest absolute Gasteiger partial charge is 0.352 e. The highest BCUT2D eigenvalue weighted by Crippen LogP contribution is 3.03. The van der Waals surface area contributed by atoms with Gasteiger partial charge in [-0.2, -0.15) is 0 Å². The van der Waals surface area contributed by atoms with E-state index in [-0.39, 0.29) is 11.4 Å². The molecule has 7 aliphatic rings. The molecule has 5 nitrogen and oxygen atoms in total. The van der Waals surface area contributed by atoms with Gasteiger partial charge in [0.15, 0.2) is 0 Å². The summed E-state index contributed by atoms with van der Waals surface area (Å²) < 4.78 is 5.28. The van der Waals surface area contributed by atoms with Crippen LogP contribution in [0.2, 0.25) is 0 Å². The molecule has 5 aliphatic carbocycles. The molecule has 0 N–H and O–H groups in total. The molecule has 8 atom stereocenters. The maximum absolute atomic E-state index is 13.4. The first-order valence-corrected chi connectivity index (χ1v) is 10.3. The fourth-order valence-corrected chi connectivity index (χ4v) is 9.52. The van der Waals surface area contributed by atoms with Crippen LogP contribution in [0, 0.1) is 34.5 Å². The van der Waals surface area contributed by atoms with Crippen LogP contribution in [-0.2, 0) is 0 Å². The number of hydrogen-bond acceptors (Lipinski definition) is 2. The molecule has 2 aliphatic heterocycles. The Morgan fingerprint density at radius 3 is 1.85 bits per heavy atom. The lowest BCUT2D eigenvalue weighted by atomic mass is 9.05. The molecular weight excluding hydrogens is 326 g/mol. The molecule has 2 spiro atoms. The highest BCUT2D eigenvalue weighted by atomic mass is 16.2. The van der Waals surface area contributed by atoms with E-state index >= 15 is 0 Å². The van der Waals surface area contributed by atoms with Gasteiger partial charge in [0.2, 0.25) is 0 Å². The Bertz CT molecular complexity index is 1060. The zero-order valence-electron chi connectivity index (χ0n) is 14.5. The lowest BCUT2D eigenvalue weighted by Gasteiger charge is -3.01. The lowest BCUT2D eigenvalue weighted by Crippen LogP contribution is -3.00. The number of para-hydroxylation sites is 1. The molecule has 2 aromatic rings. The minimum Gasteiger partial charge on any atom is -0.245 e. The molecule has 5 heteroatoms. The van der Waals surface area contributed by atoms with Gasteiger partial charge >= 0.3 is 11.4 Å². The van der Waals surface area contributed by atoms with Gasteiger partial charge in [-0.15, -0.1) is 0 Å². The van der Waals surface area contributed by atoms with Gasteiger partial charge in [0, 0.05) is 10.8 Å². The first-order chi connectivity index (χ1) is 12.7. The quantitative estimate of drug-likeness (QED) is 0.795. The second-order valence-electron chi connectivity index (χ2n) is 9.66. The van der Waals surface area contributed by atoms with Crippen LogP contribution >= 0.6 is 0 Å². The van der Waals surface area contributed by atoms with E-state index in [1.165, 1.54) is 36.7 Å². The Labute approximate surface area is 150 Å². The van der Waals surface area contributed by atoms with Crippen molar-refractivity contribution in [1.82, 2.24) is 13.9 Å². The minimum atomic E-state index is -0.101. The predicted molar refractivity (Wildman–Crippen MR) is 94.3 cm³/mol. The van der Waals surface area contributed by atoms with Crippen molar-refractivity contribution in [2.24, 2.45) is 34.5 Å². The van der Waals surface area contributed by atoms with Crippen LogP contribution in [0.4, 0.5) is 0 Å². The third-order valence-corrected chi connectivity index (χ3v) is 9.73. The van der Waals surface area contributed by atoms with Gasteiger partial charge in [-0.25, -0.2) is 23.5 Å². The van der Waals surface area contributed by atoms with Crippen LogP contribution in [0.1, 0.15) is 44.2 Å². The summed E-state index contributed by atoms with van der Waals surface area (Å²) in [6.07, 6.45) is 6.52. The first kappa shape index (κ1) is 13.2. The van der Waals surface area contributed by atoms with E-state index in [2.05, 4.69) is 0 Å². The molecule has 0 saturated heterocycles. The van der Waals surface area contributed by atoms with Crippen molar-refractivity contribution in [2.75, 3.05) is 0 Å². The van der Waals surface area contributed by atoms with Crippen LogP contribution in [-0.4, -0.2) is 13.9 Å². The highest BCUT2D eigenvalue weighted by Gasteiger charge is 3.02. The van der Waals surface area contributed by atoms with Crippen molar-refractivity contribution in [3.05, 3.63) is 51.3 Å². The summed E-state index contributed by atoms with van der Waals surface area (Å²) in [5.74, 6) is 3.13. The standard InChI is InChI=1S/C21H21N3O2/c25-18-22(11-7-3-1-4-8-11)19(26)24-17-13-12-14-15(13)21(17)10-6-2-5-9-20(14,21)16(12)23(18)24/h1,3-4,7-8,12-17H,2,5-6,9-10H2/t12-,13+,14-,15+,16-,17-,20+,21-/m1/s1. The van der Waals surface area contributed by atoms with Crippen molar-refractivity contribution < 1.29 is 0 Å². The van der Waals surface area contributed by atoms with E-state index in [4.69, 9.17) is 0 Å². The zero-order chi connectivity index (χ0) is 17.0. The van der Waals surface area contributed by atoms with Crippen molar-refractivity contribution >= 4 is 0 Å². The topological polar surface area (TPSA) is 48.9 Å². The molecule has 0 unspecified atom stereocenters. The van der Waals surface area contributed by atoms with Crippen molar-refractivity contribution in [2.45, 2.75) is 44.2 Å². The second kappa shape index (κ2) is 3.54. The molecule has 132 valence electrons. The fourth-order valence-electron chi connectivity index (χ4n) is 9.52. The van der Waals surface area contributed by atoms with Crippen LogP contribution in [0.25, 0.3) is 5.69 Å². The third-order valence-electron chi connectivity index (χ3n) is 9.73. The molecule has 0 radical (unpaired) electrons. The maximum Gasteiger partial charge on any atom is 0.352 e. The summed E-state index contributed by atoms with van der Waals surface area (Å²) >= 11 is 0. The SMILES string of the molecule is O=c1n(-c2ccccc2)c(=O)n2n1[C@@H]1[C@@H]3[C@H]4[C@H]5[C@@H]3[C@@]13CCCCC[C@]53[C@@H]42. The molecular formula is C21H21N3O2. The number of benzene rings is 1. The Hall–Kier alpha value is -2.04. The fraction of sp³-hybridized carbons (Fsp3) is 0.619. The molecule has 3 heterocycles. The summed E-state index contributed by atoms with van der Waals surface area (Å²) in [5.41, 5.74) is 1.22. The Morgan fingerprint density at radius 2 is 1.31 bits per heavy atom. The van der Waals surface area contributed by atoms with Crippen LogP contribution in [0.3, 0.4) is 0 Å². The van der Waals surface area contributed by atoms with E-state index in [0.29, 0.717) is 40.4 Å². The van der Waals surface area contributed by atoms with E-state index in [1.54, 1.807) is 0 Å². The maximum atomic E-state index is 13.4. The minimum absolute atomic E-state index is 0.101. The molecule has 0 amide bonds. The van der Waals surface area contributed by atoms with Crippen LogP contribution in [0.15, 0.2) is 39.9 Å². The predicted octanol–water partition coefficient (Wildman–Crippen LogP) is 2.35. The Kier molecular flexibility index (Phi) is 1.79. The van der Waals surface area contributed by atoms with Gasteiger partial charge in [-0.05, 0) is 48.6 Å². The molecule has 1 aromatic carbocycles. The van der Waals surface area contributed by atoms with E-state index in [0.717, 1.165) is 11.8 Å². The number of nitrogens with zero attached hydrogens (tertiary/aromatic N) is 3. The van der Waals surface area contributed by atoms with Crippen LogP contribution < -0.4 is 11.4 Å². The monoisotopic (exact) mass is 347 g/mol. The lowest BCUT2D eigenvalue weighted by molar-refractivity contribution is -0.552. The average molecular weight is 347 g/mol. The van der Waals surface area contributed by atoms with E-state index in [9.17, 15) is 9.59 Å². The highest BCUT2D eigenvalue weighted by molar-refractivity contribution is 5.48. The Morgan fingerprint density at radius 1 is 0.769 bits per heavy atom. The smallest absolute Gasteiger partial charge is 0.245 e. The average Bonchev–Trinajstić information content (AvgIpc) is 2.78. The van der Waals surface area contributed by atoms with E-state index in [1.807, 2.05) is 39.7 Å². The molecule has 5 fully saturated rings. The summed E-state index contributed by atoms with van der Waals surface area (Å²) in [4.78, 5) is 26.8. The van der Waals surface area contributed by atoms with Crippen molar-refractivity contribution in [1.29, 1.82) is 0 Å². The molecule has 1 aromatic heterocycles. The van der Waals surface area contributed by atoms with Crippen molar-refractivity contribution in [3.63, 3.8) is 0 Å². The zero-order valence-corrected chi connectivity index (χ0v) is 14.5.